The molecule has 5 heteroatoms. The molecule has 6 aliphatic rings. The van der Waals surface area contributed by atoms with Crippen LogP contribution in [0.5, 0.6) is 5.75 Å². The SMILES string of the molecule is COc1cccc(CN2CCC(N3CCN(C45CC6CC(CC(C6)C4)C5)CC3)CCC2=O)c1. The van der Waals surface area contributed by atoms with Gasteiger partial charge in [0, 0.05) is 57.3 Å². The molecule has 1 atom stereocenters. The Morgan fingerprint density at radius 3 is 2.30 bits per heavy atom. The predicted octanol–water partition coefficient (Wildman–Crippen LogP) is 4.16. The molecule has 1 aromatic carbocycles. The number of nitrogens with zero attached hydrogens (tertiary/aromatic N) is 3. The number of benzene rings is 1. The first-order chi connectivity index (χ1) is 16.1. The van der Waals surface area contributed by atoms with Crippen molar-refractivity contribution < 1.29 is 9.53 Å². The lowest BCUT2D eigenvalue weighted by Gasteiger charge is -2.62. The van der Waals surface area contributed by atoms with Gasteiger partial charge in [-0.2, -0.15) is 0 Å². The minimum Gasteiger partial charge on any atom is -0.497 e. The van der Waals surface area contributed by atoms with Crippen LogP contribution in [0.1, 0.15) is 63.4 Å². The van der Waals surface area contributed by atoms with Crippen molar-refractivity contribution in [1.29, 1.82) is 0 Å². The topological polar surface area (TPSA) is 36.0 Å². The number of likely N-dealkylation sites (tertiary alicyclic amines) is 1. The van der Waals surface area contributed by atoms with Crippen LogP contribution in [-0.2, 0) is 11.3 Å². The average molecular weight is 452 g/mol. The second-order valence-electron chi connectivity index (χ2n) is 11.8. The van der Waals surface area contributed by atoms with Crippen LogP contribution < -0.4 is 4.74 Å². The first-order valence-corrected chi connectivity index (χ1v) is 13.5. The molecule has 180 valence electrons. The predicted molar refractivity (Wildman–Crippen MR) is 130 cm³/mol. The van der Waals surface area contributed by atoms with E-state index in [1.165, 1.54) is 64.7 Å². The summed E-state index contributed by atoms with van der Waals surface area (Å²) in [6, 6.07) is 8.69. The number of piperazine rings is 1. The summed E-state index contributed by atoms with van der Waals surface area (Å²) < 4.78 is 5.36. The van der Waals surface area contributed by atoms with Gasteiger partial charge in [0.15, 0.2) is 0 Å². The Morgan fingerprint density at radius 1 is 0.939 bits per heavy atom. The van der Waals surface area contributed by atoms with Crippen LogP contribution in [0.4, 0.5) is 0 Å². The summed E-state index contributed by atoms with van der Waals surface area (Å²) in [7, 11) is 1.70. The molecule has 2 aliphatic heterocycles. The molecule has 4 bridgehead atoms. The smallest absolute Gasteiger partial charge is 0.222 e. The summed E-state index contributed by atoms with van der Waals surface area (Å²) in [6.45, 7) is 6.43. The monoisotopic (exact) mass is 451 g/mol. The third-order valence-electron chi connectivity index (χ3n) is 9.79. The Balaban J connectivity index is 1.04. The first-order valence-electron chi connectivity index (χ1n) is 13.5. The van der Waals surface area contributed by atoms with E-state index in [1.54, 1.807) is 7.11 Å². The third kappa shape index (κ3) is 4.32. The van der Waals surface area contributed by atoms with Crippen molar-refractivity contribution in [2.45, 2.75) is 75.9 Å². The molecule has 0 N–H and O–H groups in total. The molecule has 0 aromatic heterocycles. The maximum atomic E-state index is 12.9. The summed E-state index contributed by atoms with van der Waals surface area (Å²) in [4.78, 5) is 20.6. The molecule has 5 nitrogen and oxygen atoms in total. The molecule has 2 saturated heterocycles. The van der Waals surface area contributed by atoms with Gasteiger partial charge in [0.05, 0.1) is 7.11 Å². The van der Waals surface area contributed by atoms with Gasteiger partial charge in [-0.05, 0) is 86.8 Å². The second-order valence-corrected chi connectivity index (χ2v) is 11.8. The summed E-state index contributed by atoms with van der Waals surface area (Å²) in [6.07, 6.45) is 11.8. The number of methoxy groups -OCH3 is 1. The van der Waals surface area contributed by atoms with Gasteiger partial charge < -0.3 is 9.64 Å². The molecule has 33 heavy (non-hydrogen) atoms. The molecule has 0 radical (unpaired) electrons. The van der Waals surface area contributed by atoms with Crippen molar-refractivity contribution in [2.24, 2.45) is 17.8 Å². The summed E-state index contributed by atoms with van der Waals surface area (Å²) >= 11 is 0. The minimum atomic E-state index is 0.313. The highest BCUT2D eigenvalue weighted by molar-refractivity contribution is 5.76. The fraction of sp³-hybridized carbons (Fsp3) is 0.750. The molecular weight excluding hydrogens is 410 g/mol. The van der Waals surface area contributed by atoms with E-state index in [1.807, 2.05) is 12.1 Å². The van der Waals surface area contributed by atoms with Crippen LogP contribution >= 0.6 is 0 Å². The molecule has 2 heterocycles. The molecule has 0 spiro atoms. The zero-order chi connectivity index (χ0) is 22.4. The standard InChI is InChI=1S/C28H41N3O2/c1-33-26-4-2-3-21(16-26)20-30-8-7-25(5-6-27(30)32)29-9-11-31(12-10-29)28-17-22-13-23(18-28)15-24(14-22)19-28/h2-4,16,22-25H,5-15,17-20H2,1H3. The summed E-state index contributed by atoms with van der Waals surface area (Å²) in [5, 5.41) is 0. The molecule has 1 amide bonds. The maximum Gasteiger partial charge on any atom is 0.222 e. The average Bonchev–Trinajstić information content (AvgIpc) is 3.00. The van der Waals surface area contributed by atoms with E-state index in [9.17, 15) is 4.79 Å². The number of ether oxygens (including phenoxy) is 1. The maximum absolute atomic E-state index is 12.9. The van der Waals surface area contributed by atoms with Crippen LogP contribution in [0.3, 0.4) is 0 Å². The minimum absolute atomic E-state index is 0.313. The van der Waals surface area contributed by atoms with Gasteiger partial charge in [0.1, 0.15) is 5.75 Å². The second kappa shape index (κ2) is 8.88. The van der Waals surface area contributed by atoms with E-state index in [0.29, 0.717) is 30.5 Å². The molecule has 4 aliphatic carbocycles. The molecule has 1 aromatic rings. The highest BCUT2D eigenvalue weighted by Gasteiger charge is 2.53. The van der Waals surface area contributed by atoms with Gasteiger partial charge in [-0.25, -0.2) is 0 Å². The highest BCUT2D eigenvalue weighted by Crippen LogP contribution is 2.57. The van der Waals surface area contributed by atoms with Crippen LogP contribution in [0.2, 0.25) is 0 Å². The molecule has 7 rings (SSSR count). The van der Waals surface area contributed by atoms with Crippen molar-refractivity contribution in [1.82, 2.24) is 14.7 Å². The largest absolute Gasteiger partial charge is 0.497 e. The van der Waals surface area contributed by atoms with Crippen LogP contribution in [-0.4, -0.2) is 72.0 Å². The number of hydrogen-bond donors (Lipinski definition) is 0. The number of amides is 1. The highest BCUT2D eigenvalue weighted by atomic mass is 16.5. The summed E-state index contributed by atoms with van der Waals surface area (Å²) in [5.41, 5.74) is 1.71. The van der Waals surface area contributed by atoms with Crippen LogP contribution in [0.25, 0.3) is 0 Å². The Labute approximate surface area is 199 Å². The van der Waals surface area contributed by atoms with Crippen molar-refractivity contribution in [3.8, 4) is 5.75 Å². The third-order valence-corrected chi connectivity index (χ3v) is 9.79. The Morgan fingerprint density at radius 2 is 1.64 bits per heavy atom. The van der Waals surface area contributed by atoms with E-state index in [4.69, 9.17) is 4.74 Å². The number of carbonyl (C=O) groups is 1. The van der Waals surface area contributed by atoms with Gasteiger partial charge in [-0.3, -0.25) is 14.6 Å². The lowest BCUT2D eigenvalue weighted by Crippen LogP contribution is -2.64. The molecular formula is C28H41N3O2. The van der Waals surface area contributed by atoms with E-state index < -0.39 is 0 Å². The van der Waals surface area contributed by atoms with Crippen molar-refractivity contribution >= 4 is 5.91 Å². The molecule has 1 unspecified atom stereocenters. The Hall–Kier alpha value is -1.59. The number of carbonyl (C=O) groups excluding carboxylic acids is 1. The van der Waals surface area contributed by atoms with Crippen molar-refractivity contribution in [3.05, 3.63) is 29.8 Å². The number of hydrogen-bond acceptors (Lipinski definition) is 4. The van der Waals surface area contributed by atoms with E-state index >= 15 is 0 Å². The van der Waals surface area contributed by atoms with E-state index in [2.05, 4.69) is 26.8 Å². The Kier molecular flexibility index (Phi) is 5.90. The molecule has 4 saturated carbocycles. The van der Waals surface area contributed by atoms with Crippen molar-refractivity contribution in [3.63, 3.8) is 0 Å². The first kappa shape index (κ1) is 21.9. The lowest BCUT2D eigenvalue weighted by atomic mass is 9.52. The zero-order valence-electron chi connectivity index (χ0n) is 20.4. The van der Waals surface area contributed by atoms with Gasteiger partial charge in [-0.1, -0.05) is 12.1 Å². The van der Waals surface area contributed by atoms with Crippen molar-refractivity contribution in [2.75, 3.05) is 39.8 Å². The quantitative estimate of drug-likeness (QED) is 0.673. The van der Waals surface area contributed by atoms with Gasteiger partial charge >= 0.3 is 0 Å². The lowest BCUT2D eigenvalue weighted by molar-refractivity contribution is -0.131. The zero-order valence-corrected chi connectivity index (χ0v) is 20.4. The van der Waals surface area contributed by atoms with E-state index in [0.717, 1.165) is 48.5 Å². The number of rotatable bonds is 5. The fourth-order valence-electron chi connectivity index (χ4n) is 8.56. The van der Waals surface area contributed by atoms with Gasteiger partial charge in [0.25, 0.3) is 0 Å². The summed E-state index contributed by atoms with van der Waals surface area (Å²) in [5.74, 6) is 4.25. The van der Waals surface area contributed by atoms with E-state index in [-0.39, 0.29) is 0 Å². The molecule has 6 fully saturated rings. The van der Waals surface area contributed by atoms with Gasteiger partial charge in [0.2, 0.25) is 5.91 Å². The van der Waals surface area contributed by atoms with Gasteiger partial charge in [-0.15, -0.1) is 0 Å². The van der Waals surface area contributed by atoms with Crippen LogP contribution in [0, 0.1) is 17.8 Å². The fourth-order valence-corrected chi connectivity index (χ4v) is 8.56. The Bertz CT molecular complexity index is 827. The normalized spacial score (nSPS) is 37.4. The van der Waals surface area contributed by atoms with Crippen LogP contribution in [0.15, 0.2) is 24.3 Å².